The zero-order chi connectivity index (χ0) is 24.5. The molecule has 33 heavy (non-hydrogen) atoms. The molecule has 0 fully saturated rings. The van der Waals surface area contributed by atoms with Gasteiger partial charge in [-0.1, -0.05) is 66.2 Å². The van der Waals surface area contributed by atoms with E-state index in [0.717, 1.165) is 36.3 Å². The maximum atomic E-state index is 13.3. The molecule has 0 N–H and O–H groups in total. The second-order valence-electron chi connectivity index (χ2n) is 8.83. The molecule has 2 atom stereocenters. The zero-order valence-electron chi connectivity index (χ0n) is 22.1. The molecule has 0 heterocycles. The average molecular weight is 485 g/mol. The van der Waals surface area contributed by atoms with E-state index in [2.05, 4.69) is 27.7 Å². The first-order chi connectivity index (χ1) is 15.9. The van der Waals surface area contributed by atoms with Crippen LogP contribution < -0.4 is 9.47 Å². The zero-order valence-corrected chi connectivity index (χ0v) is 23.0. The van der Waals surface area contributed by atoms with Gasteiger partial charge in [-0.05, 0) is 56.7 Å². The van der Waals surface area contributed by atoms with Crippen LogP contribution in [0.4, 0.5) is 0 Å². The molecule has 0 aromatic heterocycles. The van der Waals surface area contributed by atoms with Crippen molar-refractivity contribution in [2.75, 3.05) is 26.4 Å². The highest BCUT2D eigenvalue weighted by Crippen LogP contribution is 2.52. The third-order valence-electron chi connectivity index (χ3n) is 6.09. The van der Waals surface area contributed by atoms with E-state index in [1.165, 1.54) is 32.1 Å². The predicted octanol–water partition coefficient (Wildman–Crippen LogP) is 8.64. The standard InChI is InChI=1S/C27H49O5P/c1-7-13-15-23(9-3)20-29-26-17-18-27(30-21-24(10-4)16-14-8-2)25(19-26)22-33(28,31-11-5)32-12-6/h17-19,23-24H,7-16,20-22H2,1-6H3. The quantitative estimate of drug-likeness (QED) is 0.173. The molecule has 0 spiro atoms. The Morgan fingerprint density at radius 1 is 0.788 bits per heavy atom. The maximum absolute atomic E-state index is 13.3. The van der Waals surface area contributed by atoms with Gasteiger partial charge in [-0.15, -0.1) is 0 Å². The van der Waals surface area contributed by atoms with Crippen LogP contribution in [0.3, 0.4) is 0 Å². The fourth-order valence-corrected chi connectivity index (χ4v) is 5.57. The number of unbranched alkanes of at least 4 members (excludes halogenated alkanes) is 2. The van der Waals surface area contributed by atoms with E-state index in [0.29, 0.717) is 38.3 Å². The Balaban J connectivity index is 3.04. The van der Waals surface area contributed by atoms with Crippen molar-refractivity contribution in [3.63, 3.8) is 0 Å². The molecule has 0 saturated heterocycles. The van der Waals surface area contributed by atoms with E-state index in [1.807, 2.05) is 32.0 Å². The highest BCUT2D eigenvalue weighted by atomic mass is 31.2. The molecule has 0 radical (unpaired) electrons. The molecule has 0 amide bonds. The van der Waals surface area contributed by atoms with Crippen LogP contribution in [0.25, 0.3) is 0 Å². The summed E-state index contributed by atoms with van der Waals surface area (Å²) in [5.74, 6) is 2.59. The molecule has 0 aliphatic rings. The SMILES string of the molecule is CCCCC(CC)COc1ccc(OCC(CC)CCCC)c(CP(=O)(OCC)OCC)c1. The first kappa shape index (κ1) is 30.0. The van der Waals surface area contributed by atoms with E-state index in [9.17, 15) is 4.57 Å². The lowest BCUT2D eigenvalue weighted by Gasteiger charge is -2.22. The third kappa shape index (κ3) is 11.8. The monoisotopic (exact) mass is 484 g/mol. The van der Waals surface area contributed by atoms with Gasteiger partial charge in [0.15, 0.2) is 0 Å². The molecule has 2 unspecified atom stereocenters. The third-order valence-corrected chi connectivity index (χ3v) is 8.13. The number of benzene rings is 1. The van der Waals surface area contributed by atoms with E-state index in [-0.39, 0.29) is 6.16 Å². The fraction of sp³-hybridized carbons (Fsp3) is 0.778. The van der Waals surface area contributed by atoms with Crippen molar-refractivity contribution in [2.45, 2.75) is 99.1 Å². The fourth-order valence-electron chi connectivity index (χ4n) is 3.86. The minimum atomic E-state index is -3.25. The molecular weight excluding hydrogens is 435 g/mol. The number of hydrogen-bond acceptors (Lipinski definition) is 5. The van der Waals surface area contributed by atoms with Gasteiger partial charge in [-0.3, -0.25) is 4.57 Å². The van der Waals surface area contributed by atoms with Gasteiger partial charge in [-0.25, -0.2) is 0 Å². The number of ether oxygens (including phenoxy) is 2. The first-order valence-corrected chi connectivity index (χ1v) is 14.9. The predicted molar refractivity (Wildman–Crippen MR) is 139 cm³/mol. The maximum Gasteiger partial charge on any atom is 0.335 e. The Morgan fingerprint density at radius 2 is 1.33 bits per heavy atom. The highest BCUT2D eigenvalue weighted by molar-refractivity contribution is 7.53. The van der Waals surface area contributed by atoms with E-state index in [1.54, 1.807) is 0 Å². The van der Waals surface area contributed by atoms with Crippen molar-refractivity contribution >= 4 is 7.60 Å². The van der Waals surface area contributed by atoms with E-state index >= 15 is 0 Å². The average Bonchev–Trinajstić information content (AvgIpc) is 2.80. The van der Waals surface area contributed by atoms with Gasteiger partial charge in [0.1, 0.15) is 11.5 Å². The lowest BCUT2D eigenvalue weighted by Crippen LogP contribution is -2.13. The summed E-state index contributed by atoms with van der Waals surface area (Å²) < 4.78 is 36.8. The first-order valence-electron chi connectivity index (χ1n) is 13.2. The van der Waals surface area contributed by atoms with Gasteiger partial charge < -0.3 is 18.5 Å². The summed E-state index contributed by atoms with van der Waals surface area (Å²) in [6, 6.07) is 5.87. The summed E-state index contributed by atoms with van der Waals surface area (Å²) in [7, 11) is -3.25. The molecule has 1 aromatic carbocycles. The van der Waals surface area contributed by atoms with Crippen molar-refractivity contribution < 1.29 is 23.1 Å². The van der Waals surface area contributed by atoms with Crippen LogP contribution >= 0.6 is 7.60 Å². The van der Waals surface area contributed by atoms with E-state index in [4.69, 9.17) is 18.5 Å². The van der Waals surface area contributed by atoms with Gasteiger partial charge in [-0.2, -0.15) is 0 Å². The van der Waals surface area contributed by atoms with Crippen LogP contribution in [-0.4, -0.2) is 26.4 Å². The van der Waals surface area contributed by atoms with Crippen molar-refractivity contribution in [1.82, 2.24) is 0 Å². The topological polar surface area (TPSA) is 54.0 Å². The molecule has 0 aliphatic heterocycles. The van der Waals surface area contributed by atoms with Crippen LogP contribution in [0, 0.1) is 11.8 Å². The van der Waals surface area contributed by atoms with E-state index < -0.39 is 7.60 Å². The number of rotatable bonds is 20. The minimum absolute atomic E-state index is 0.181. The Labute approximate surface area is 203 Å². The molecule has 1 rings (SSSR count). The number of hydrogen-bond donors (Lipinski definition) is 0. The summed E-state index contributed by atoms with van der Waals surface area (Å²) in [5.41, 5.74) is 0.824. The highest BCUT2D eigenvalue weighted by Gasteiger charge is 2.26. The van der Waals surface area contributed by atoms with Gasteiger partial charge in [0.05, 0.1) is 32.6 Å². The van der Waals surface area contributed by atoms with Crippen molar-refractivity contribution in [1.29, 1.82) is 0 Å². The van der Waals surface area contributed by atoms with Crippen molar-refractivity contribution in [2.24, 2.45) is 11.8 Å². The molecule has 1 aromatic rings. The molecule has 0 saturated carbocycles. The summed E-state index contributed by atoms with van der Waals surface area (Å²) in [5, 5.41) is 0. The molecule has 6 heteroatoms. The molecule has 0 aliphatic carbocycles. The summed E-state index contributed by atoms with van der Waals surface area (Å²) in [6.07, 6.45) is 9.54. The Kier molecular flexibility index (Phi) is 15.8. The molecule has 192 valence electrons. The minimum Gasteiger partial charge on any atom is -0.493 e. The second kappa shape index (κ2) is 17.4. The molecular formula is C27H49O5P. The van der Waals surface area contributed by atoms with Gasteiger partial charge in [0.25, 0.3) is 0 Å². The Hall–Kier alpha value is -1.03. The van der Waals surface area contributed by atoms with Crippen LogP contribution in [0.15, 0.2) is 18.2 Å². The molecule has 5 nitrogen and oxygen atoms in total. The van der Waals surface area contributed by atoms with Gasteiger partial charge in [0.2, 0.25) is 0 Å². The van der Waals surface area contributed by atoms with Crippen LogP contribution in [0.5, 0.6) is 11.5 Å². The second-order valence-corrected chi connectivity index (χ2v) is 10.9. The lowest BCUT2D eigenvalue weighted by molar-refractivity contribution is 0.215. The molecule has 0 bridgehead atoms. The summed E-state index contributed by atoms with van der Waals surface area (Å²) >= 11 is 0. The summed E-state index contributed by atoms with van der Waals surface area (Å²) in [4.78, 5) is 0. The van der Waals surface area contributed by atoms with Crippen LogP contribution in [0.2, 0.25) is 0 Å². The van der Waals surface area contributed by atoms with Gasteiger partial charge in [0, 0.05) is 5.56 Å². The Morgan fingerprint density at radius 3 is 1.82 bits per heavy atom. The van der Waals surface area contributed by atoms with Gasteiger partial charge >= 0.3 is 7.60 Å². The summed E-state index contributed by atoms with van der Waals surface area (Å²) in [6.45, 7) is 14.6. The lowest BCUT2D eigenvalue weighted by atomic mass is 10.0. The van der Waals surface area contributed by atoms with Crippen LogP contribution in [-0.2, 0) is 19.8 Å². The van der Waals surface area contributed by atoms with Crippen molar-refractivity contribution in [3.05, 3.63) is 23.8 Å². The smallest absolute Gasteiger partial charge is 0.335 e. The normalized spacial score (nSPS) is 13.6. The Bertz CT molecular complexity index is 668. The van der Waals surface area contributed by atoms with Crippen molar-refractivity contribution in [3.8, 4) is 11.5 Å². The van der Waals surface area contributed by atoms with Crippen LogP contribution in [0.1, 0.15) is 98.5 Å². The largest absolute Gasteiger partial charge is 0.493 e.